The number of nitrogens with zero attached hydrogens (tertiary/aromatic N) is 2. The van der Waals surface area contributed by atoms with Crippen LogP contribution in [0.15, 0.2) is 72.9 Å². The predicted octanol–water partition coefficient (Wildman–Crippen LogP) is 4.55. The van der Waals surface area contributed by atoms with Gasteiger partial charge in [0.05, 0.1) is 39.7 Å². The van der Waals surface area contributed by atoms with Crippen LogP contribution in [0.4, 0.5) is 0 Å². The van der Waals surface area contributed by atoms with Gasteiger partial charge in [-0.3, -0.25) is 4.79 Å². The van der Waals surface area contributed by atoms with Crippen molar-refractivity contribution < 1.29 is 23.7 Å². The predicted molar refractivity (Wildman–Crippen MR) is 138 cm³/mol. The molecule has 1 N–H and O–H groups in total. The maximum Gasteiger partial charge on any atom is 0.255 e. The molecular formula is C28H29N3O5. The number of methoxy groups -OCH3 is 4. The Kier molecular flexibility index (Phi) is 7.75. The van der Waals surface area contributed by atoms with Gasteiger partial charge in [0, 0.05) is 18.3 Å². The van der Waals surface area contributed by atoms with E-state index in [2.05, 4.69) is 5.32 Å². The third-order valence-corrected chi connectivity index (χ3v) is 5.79. The van der Waals surface area contributed by atoms with Crippen LogP contribution < -0.4 is 24.3 Å². The fourth-order valence-electron chi connectivity index (χ4n) is 3.90. The number of aromatic nitrogens is 2. The number of amides is 1. The van der Waals surface area contributed by atoms with Crippen molar-refractivity contribution in [1.82, 2.24) is 15.1 Å². The van der Waals surface area contributed by atoms with E-state index in [1.165, 1.54) is 0 Å². The number of benzene rings is 3. The Labute approximate surface area is 210 Å². The number of para-hydroxylation sites is 1. The quantitative estimate of drug-likeness (QED) is 0.353. The van der Waals surface area contributed by atoms with Gasteiger partial charge in [0.2, 0.25) is 0 Å². The first kappa shape index (κ1) is 24.7. The zero-order valence-electron chi connectivity index (χ0n) is 20.8. The van der Waals surface area contributed by atoms with Crippen molar-refractivity contribution in [3.05, 3.63) is 84.1 Å². The van der Waals surface area contributed by atoms with Gasteiger partial charge in [-0.1, -0.05) is 24.3 Å². The second kappa shape index (κ2) is 11.3. The third-order valence-electron chi connectivity index (χ3n) is 5.79. The van der Waals surface area contributed by atoms with E-state index in [4.69, 9.17) is 24.0 Å². The van der Waals surface area contributed by atoms with Crippen LogP contribution >= 0.6 is 0 Å². The number of carbonyl (C=O) groups is 1. The Bertz CT molecular complexity index is 1330. The fraction of sp³-hybridized carbons (Fsp3) is 0.214. The molecule has 0 saturated carbocycles. The van der Waals surface area contributed by atoms with Crippen LogP contribution in [0.2, 0.25) is 0 Å². The van der Waals surface area contributed by atoms with Crippen molar-refractivity contribution in [3.63, 3.8) is 0 Å². The highest BCUT2D eigenvalue weighted by Gasteiger charge is 2.22. The lowest BCUT2D eigenvalue weighted by Crippen LogP contribution is -2.26. The van der Waals surface area contributed by atoms with Crippen molar-refractivity contribution in [2.24, 2.45) is 0 Å². The van der Waals surface area contributed by atoms with Crippen LogP contribution in [0.5, 0.6) is 23.0 Å². The Morgan fingerprint density at radius 2 is 1.56 bits per heavy atom. The van der Waals surface area contributed by atoms with Gasteiger partial charge in [-0.2, -0.15) is 5.10 Å². The molecule has 0 fully saturated rings. The van der Waals surface area contributed by atoms with Crippen LogP contribution in [0.25, 0.3) is 16.9 Å². The summed E-state index contributed by atoms with van der Waals surface area (Å²) in [6.07, 6.45) is 2.35. The summed E-state index contributed by atoms with van der Waals surface area (Å²) < 4.78 is 23.3. The van der Waals surface area contributed by atoms with Gasteiger partial charge < -0.3 is 24.3 Å². The van der Waals surface area contributed by atoms with Gasteiger partial charge in [-0.15, -0.1) is 0 Å². The van der Waals surface area contributed by atoms with Gasteiger partial charge in [-0.25, -0.2) is 4.68 Å². The topological polar surface area (TPSA) is 83.8 Å². The number of carbonyl (C=O) groups excluding carboxylic acids is 1. The van der Waals surface area contributed by atoms with E-state index < -0.39 is 0 Å². The first-order valence-corrected chi connectivity index (χ1v) is 11.4. The Hall–Kier alpha value is -4.46. The summed E-state index contributed by atoms with van der Waals surface area (Å²) in [5.41, 5.74) is 3.44. The first-order chi connectivity index (χ1) is 17.6. The molecule has 0 aliphatic heterocycles. The number of rotatable bonds is 10. The van der Waals surface area contributed by atoms with E-state index >= 15 is 0 Å². The molecule has 8 heteroatoms. The van der Waals surface area contributed by atoms with Crippen molar-refractivity contribution in [1.29, 1.82) is 0 Å². The summed E-state index contributed by atoms with van der Waals surface area (Å²) in [5, 5.41) is 7.77. The molecule has 1 aromatic heterocycles. The summed E-state index contributed by atoms with van der Waals surface area (Å²) in [5.74, 6) is 2.30. The highest BCUT2D eigenvalue weighted by Crippen LogP contribution is 2.35. The van der Waals surface area contributed by atoms with Crippen molar-refractivity contribution in [3.8, 4) is 39.9 Å². The van der Waals surface area contributed by atoms with Crippen molar-refractivity contribution >= 4 is 5.91 Å². The second-order valence-electron chi connectivity index (χ2n) is 7.93. The SMILES string of the molecule is COc1ccc(OC)c(-c2nn(-c3ccccc3)cc2C(=O)NCCc2ccc(OC)c(OC)c2)c1. The summed E-state index contributed by atoms with van der Waals surface area (Å²) in [6, 6.07) is 20.8. The van der Waals surface area contributed by atoms with E-state index in [1.807, 2.05) is 54.6 Å². The van der Waals surface area contributed by atoms with Gasteiger partial charge in [0.1, 0.15) is 17.2 Å². The minimum absolute atomic E-state index is 0.238. The lowest BCUT2D eigenvalue weighted by molar-refractivity contribution is 0.0954. The van der Waals surface area contributed by atoms with E-state index in [0.29, 0.717) is 52.8 Å². The van der Waals surface area contributed by atoms with Gasteiger partial charge in [0.15, 0.2) is 11.5 Å². The summed E-state index contributed by atoms with van der Waals surface area (Å²) in [6.45, 7) is 0.430. The Balaban J connectivity index is 1.63. The average molecular weight is 488 g/mol. The Morgan fingerprint density at radius 3 is 2.25 bits per heavy atom. The molecule has 36 heavy (non-hydrogen) atoms. The fourth-order valence-corrected chi connectivity index (χ4v) is 3.90. The average Bonchev–Trinajstić information content (AvgIpc) is 3.38. The molecule has 0 unspecified atom stereocenters. The molecule has 8 nitrogen and oxygen atoms in total. The molecule has 1 amide bonds. The molecule has 4 rings (SSSR count). The largest absolute Gasteiger partial charge is 0.497 e. The minimum Gasteiger partial charge on any atom is -0.497 e. The van der Waals surface area contributed by atoms with Crippen LogP contribution in [0.1, 0.15) is 15.9 Å². The number of hydrogen-bond acceptors (Lipinski definition) is 6. The number of nitrogens with one attached hydrogen (secondary N) is 1. The standard InChI is InChI=1S/C28H29N3O5/c1-33-21-11-13-24(34-2)22(17-21)27-23(18-31(30-27)20-8-6-5-7-9-20)28(32)29-15-14-19-10-12-25(35-3)26(16-19)36-4/h5-13,16-18H,14-15H2,1-4H3,(H,29,32). The van der Waals surface area contributed by atoms with E-state index in [1.54, 1.807) is 51.5 Å². The first-order valence-electron chi connectivity index (χ1n) is 11.4. The molecule has 1 heterocycles. The zero-order chi connectivity index (χ0) is 25.5. The van der Waals surface area contributed by atoms with E-state index in [0.717, 1.165) is 11.3 Å². The zero-order valence-corrected chi connectivity index (χ0v) is 20.8. The molecule has 0 bridgehead atoms. The number of hydrogen-bond donors (Lipinski definition) is 1. The van der Waals surface area contributed by atoms with E-state index in [-0.39, 0.29) is 5.91 Å². The lowest BCUT2D eigenvalue weighted by Gasteiger charge is -2.11. The molecule has 3 aromatic carbocycles. The lowest BCUT2D eigenvalue weighted by atomic mass is 10.1. The molecule has 186 valence electrons. The molecule has 0 spiro atoms. The molecule has 0 radical (unpaired) electrons. The molecule has 0 aliphatic carbocycles. The highest BCUT2D eigenvalue weighted by atomic mass is 16.5. The van der Waals surface area contributed by atoms with Crippen LogP contribution in [0, 0.1) is 0 Å². The third kappa shape index (κ3) is 5.27. The van der Waals surface area contributed by atoms with Crippen molar-refractivity contribution in [2.45, 2.75) is 6.42 Å². The van der Waals surface area contributed by atoms with E-state index in [9.17, 15) is 4.79 Å². The summed E-state index contributed by atoms with van der Waals surface area (Å²) >= 11 is 0. The molecule has 0 aliphatic rings. The molecule has 4 aromatic rings. The minimum atomic E-state index is -0.238. The molecular weight excluding hydrogens is 458 g/mol. The normalized spacial score (nSPS) is 10.6. The number of ether oxygens (including phenoxy) is 4. The van der Waals surface area contributed by atoms with Crippen LogP contribution in [-0.4, -0.2) is 50.7 Å². The van der Waals surface area contributed by atoms with Crippen LogP contribution in [0.3, 0.4) is 0 Å². The highest BCUT2D eigenvalue weighted by molar-refractivity contribution is 6.00. The maximum absolute atomic E-state index is 13.4. The summed E-state index contributed by atoms with van der Waals surface area (Å²) in [4.78, 5) is 13.4. The monoisotopic (exact) mass is 487 g/mol. The van der Waals surface area contributed by atoms with Crippen molar-refractivity contribution in [2.75, 3.05) is 35.0 Å². The molecule has 0 atom stereocenters. The second-order valence-corrected chi connectivity index (χ2v) is 7.93. The van der Waals surface area contributed by atoms with Crippen LogP contribution in [-0.2, 0) is 6.42 Å². The molecule has 0 saturated heterocycles. The Morgan fingerprint density at radius 1 is 0.833 bits per heavy atom. The maximum atomic E-state index is 13.4. The van der Waals surface area contributed by atoms with Gasteiger partial charge >= 0.3 is 0 Å². The van der Waals surface area contributed by atoms with Gasteiger partial charge in [0.25, 0.3) is 5.91 Å². The smallest absolute Gasteiger partial charge is 0.255 e. The van der Waals surface area contributed by atoms with Gasteiger partial charge in [-0.05, 0) is 54.4 Å². The summed E-state index contributed by atoms with van der Waals surface area (Å²) in [7, 11) is 6.38.